The highest BCUT2D eigenvalue weighted by atomic mass is 19.1. The summed E-state index contributed by atoms with van der Waals surface area (Å²) in [7, 11) is 0. The average Bonchev–Trinajstić information content (AvgIpc) is 3.12. The van der Waals surface area contributed by atoms with Crippen LogP contribution in [0.2, 0.25) is 0 Å². The van der Waals surface area contributed by atoms with Crippen LogP contribution in [-0.2, 0) is 0 Å². The van der Waals surface area contributed by atoms with Gasteiger partial charge in [-0.05, 0) is 38.1 Å². The summed E-state index contributed by atoms with van der Waals surface area (Å²) in [5.74, 6) is 3.83. The molecule has 2 heterocycles. The van der Waals surface area contributed by atoms with E-state index in [4.69, 9.17) is 11.6 Å². The van der Waals surface area contributed by atoms with Gasteiger partial charge in [0.15, 0.2) is 0 Å². The highest BCUT2D eigenvalue weighted by Gasteiger charge is 2.37. The standard InChI is InChI=1S/C18H22F2N6O2/c19-8-18(9-22)2-4-25(10-18)3-1-11(7-21)12-6-15-13(5-14(12)20)16(27)26(23)17(28)24-15/h5-6,11H,1-4,8-10,22-23H2,(H,24,28). The van der Waals surface area contributed by atoms with Crippen molar-refractivity contribution in [2.45, 2.75) is 18.8 Å². The molecule has 0 aliphatic carbocycles. The monoisotopic (exact) mass is 392 g/mol. The number of rotatable bonds is 6. The number of hydrogen-bond acceptors (Lipinski definition) is 6. The van der Waals surface area contributed by atoms with E-state index in [1.807, 2.05) is 4.90 Å². The van der Waals surface area contributed by atoms with Crippen molar-refractivity contribution in [2.24, 2.45) is 11.1 Å². The smallest absolute Gasteiger partial charge is 0.332 e. The molecule has 1 fully saturated rings. The molecule has 1 aromatic carbocycles. The third kappa shape index (κ3) is 3.50. The van der Waals surface area contributed by atoms with Crippen LogP contribution < -0.4 is 22.8 Å². The zero-order valence-corrected chi connectivity index (χ0v) is 15.3. The molecule has 10 heteroatoms. The topological polar surface area (TPSA) is 134 Å². The number of aromatic amines is 1. The number of aromatic nitrogens is 2. The van der Waals surface area contributed by atoms with Crippen molar-refractivity contribution in [3.63, 3.8) is 0 Å². The van der Waals surface area contributed by atoms with E-state index in [0.29, 0.717) is 37.2 Å². The third-order valence-electron chi connectivity index (χ3n) is 5.55. The average molecular weight is 392 g/mol. The molecule has 1 aliphatic heterocycles. The van der Waals surface area contributed by atoms with E-state index in [1.54, 1.807) is 0 Å². The van der Waals surface area contributed by atoms with Gasteiger partial charge in [-0.15, -0.1) is 0 Å². The molecule has 2 atom stereocenters. The Bertz CT molecular complexity index is 1040. The van der Waals surface area contributed by atoms with Gasteiger partial charge in [0, 0.05) is 24.1 Å². The van der Waals surface area contributed by atoms with Crippen molar-refractivity contribution < 1.29 is 8.78 Å². The number of likely N-dealkylation sites (tertiary alicyclic amines) is 1. The van der Waals surface area contributed by atoms with E-state index in [1.165, 1.54) is 6.07 Å². The maximum atomic E-state index is 14.6. The van der Waals surface area contributed by atoms with Gasteiger partial charge in [-0.25, -0.2) is 9.18 Å². The molecule has 0 radical (unpaired) electrons. The Labute approximate surface area is 159 Å². The van der Waals surface area contributed by atoms with Gasteiger partial charge in [-0.2, -0.15) is 9.94 Å². The Morgan fingerprint density at radius 3 is 2.75 bits per heavy atom. The predicted octanol–water partition coefficient (Wildman–Crippen LogP) is 0.160. The van der Waals surface area contributed by atoms with E-state index in [0.717, 1.165) is 6.07 Å². The van der Waals surface area contributed by atoms with Gasteiger partial charge in [0.1, 0.15) is 5.82 Å². The second-order valence-electron chi connectivity index (χ2n) is 7.36. The molecular formula is C18H22F2N6O2. The quantitative estimate of drug-likeness (QED) is 0.600. The number of halogens is 2. The Hall–Kier alpha value is -2.77. The van der Waals surface area contributed by atoms with Crippen molar-refractivity contribution >= 4 is 10.9 Å². The lowest BCUT2D eigenvalue weighted by Gasteiger charge is -2.24. The van der Waals surface area contributed by atoms with Gasteiger partial charge in [0.2, 0.25) is 0 Å². The number of nitrogen functional groups attached to an aromatic ring is 1. The van der Waals surface area contributed by atoms with E-state index in [9.17, 15) is 23.6 Å². The first-order valence-electron chi connectivity index (χ1n) is 8.95. The fourth-order valence-corrected chi connectivity index (χ4v) is 3.68. The van der Waals surface area contributed by atoms with Gasteiger partial charge < -0.3 is 21.5 Å². The molecular weight excluding hydrogens is 370 g/mol. The lowest BCUT2D eigenvalue weighted by molar-refractivity contribution is 0.205. The number of nitriles is 1. The van der Waals surface area contributed by atoms with Gasteiger partial charge >= 0.3 is 5.69 Å². The van der Waals surface area contributed by atoms with E-state index < -0.39 is 35.1 Å². The van der Waals surface area contributed by atoms with E-state index in [2.05, 4.69) is 11.1 Å². The Morgan fingerprint density at radius 2 is 2.14 bits per heavy atom. The normalized spacial score (nSPS) is 21.1. The molecule has 0 saturated carbocycles. The van der Waals surface area contributed by atoms with Crippen molar-refractivity contribution in [2.75, 3.05) is 38.7 Å². The van der Waals surface area contributed by atoms with Crippen LogP contribution in [0.5, 0.6) is 0 Å². The minimum atomic E-state index is -0.829. The zero-order chi connectivity index (χ0) is 20.5. The first kappa shape index (κ1) is 20.0. The summed E-state index contributed by atoms with van der Waals surface area (Å²) >= 11 is 0. The predicted molar refractivity (Wildman–Crippen MR) is 100 cm³/mol. The van der Waals surface area contributed by atoms with Crippen molar-refractivity contribution in [1.82, 2.24) is 14.6 Å². The molecule has 0 amide bonds. The number of hydrogen-bond donors (Lipinski definition) is 3. The first-order valence-corrected chi connectivity index (χ1v) is 8.95. The second-order valence-corrected chi connectivity index (χ2v) is 7.36. The van der Waals surface area contributed by atoms with E-state index >= 15 is 0 Å². The number of nitrogens with two attached hydrogens (primary N) is 2. The van der Waals surface area contributed by atoms with Gasteiger partial charge in [-0.3, -0.25) is 9.18 Å². The van der Waals surface area contributed by atoms with Crippen molar-refractivity contribution in [3.05, 3.63) is 44.4 Å². The molecule has 5 N–H and O–H groups in total. The summed E-state index contributed by atoms with van der Waals surface area (Å²) in [6.45, 7) is 1.42. The number of benzene rings is 1. The maximum absolute atomic E-state index is 14.6. The van der Waals surface area contributed by atoms with Gasteiger partial charge in [0.05, 0.1) is 29.6 Å². The molecule has 150 valence electrons. The number of alkyl halides is 1. The summed E-state index contributed by atoms with van der Waals surface area (Å²) in [5, 5.41) is 9.45. The Balaban J connectivity index is 1.83. The zero-order valence-electron chi connectivity index (χ0n) is 15.3. The molecule has 28 heavy (non-hydrogen) atoms. The number of nitrogens with zero attached hydrogens (tertiary/aromatic N) is 3. The van der Waals surface area contributed by atoms with Crippen molar-refractivity contribution in [3.8, 4) is 6.07 Å². The molecule has 1 saturated heterocycles. The molecule has 3 rings (SSSR count). The summed E-state index contributed by atoms with van der Waals surface area (Å²) in [5.41, 5.74) is 3.71. The lowest BCUT2D eigenvalue weighted by atomic mass is 9.89. The Kier molecular flexibility index (Phi) is 5.49. The molecule has 0 bridgehead atoms. The van der Waals surface area contributed by atoms with Crippen LogP contribution in [0.1, 0.15) is 24.3 Å². The van der Waals surface area contributed by atoms with Crippen LogP contribution in [0.15, 0.2) is 21.7 Å². The lowest BCUT2D eigenvalue weighted by Crippen LogP contribution is -2.40. The first-order chi connectivity index (χ1) is 13.3. The van der Waals surface area contributed by atoms with Crippen LogP contribution in [0.4, 0.5) is 8.78 Å². The third-order valence-corrected chi connectivity index (χ3v) is 5.55. The highest BCUT2D eigenvalue weighted by molar-refractivity contribution is 5.78. The molecule has 2 aromatic rings. The highest BCUT2D eigenvalue weighted by Crippen LogP contribution is 2.31. The summed E-state index contributed by atoms with van der Waals surface area (Å²) in [6, 6.07) is 4.36. The summed E-state index contributed by atoms with van der Waals surface area (Å²) in [4.78, 5) is 28.1. The minimum Gasteiger partial charge on any atom is -0.332 e. The van der Waals surface area contributed by atoms with Gasteiger partial charge in [0.25, 0.3) is 5.56 Å². The van der Waals surface area contributed by atoms with Gasteiger partial charge in [-0.1, -0.05) is 0 Å². The van der Waals surface area contributed by atoms with Crippen LogP contribution in [0.25, 0.3) is 10.9 Å². The minimum absolute atomic E-state index is 0.0738. The number of H-pyrrole nitrogens is 1. The molecule has 8 nitrogen and oxygen atoms in total. The fraction of sp³-hybridized carbons (Fsp3) is 0.500. The maximum Gasteiger partial charge on any atom is 0.347 e. The number of fused-ring (bicyclic) bond motifs is 1. The number of nitrogens with one attached hydrogen (secondary N) is 1. The molecule has 1 aromatic heterocycles. The van der Waals surface area contributed by atoms with Crippen molar-refractivity contribution in [1.29, 1.82) is 5.26 Å². The largest absolute Gasteiger partial charge is 0.347 e. The molecule has 0 spiro atoms. The summed E-state index contributed by atoms with van der Waals surface area (Å²) in [6.07, 6.45) is 0.970. The second kappa shape index (κ2) is 7.69. The Morgan fingerprint density at radius 1 is 1.39 bits per heavy atom. The van der Waals surface area contributed by atoms with Crippen LogP contribution >= 0.6 is 0 Å². The SMILES string of the molecule is N#CC(CCN1CCC(CN)(CF)C1)c1cc2[nH]c(=O)n(N)c(=O)c2cc1F. The van der Waals surface area contributed by atoms with Crippen LogP contribution in [0.3, 0.4) is 0 Å². The van der Waals surface area contributed by atoms with Crippen LogP contribution in [0, 0.1) is 22.6 Å². The van der Waals surface area contributed by atoms with Crippen LogP contribution in [-0.4, -0.2) is 47.4 Å². The summed E-state index contributed by atoms with van der Waals surface area (Å²) < 4.78 is 28.2. The van der Waals surface area contributed by atoms with E-state index in [-0.39, 0.29) is 23.0 Å². The molecule has 2 unspecified atom stereocenters. The fourth-order valence-electron chi connectivity index (χ4n) is 3.68. The molecule has 1 aliphatic rings.